The maximum Gasteiger partial charge on any atom is 0.251 e. The highest BCUT2D eigenvalue weighted by Gasteiger charge is 2.30. The van der Waals surface area contributed by atoms with Crippen LogP contribution in [0.1, 0.15) is 27.5 Å². The Balaban J connectivity index is 1.75. The Hall–Kier alpha value is -2.20. The first-order valence-corrected chi connectivity index (χ1v) is 6.30. The molecule has 3 N–H and O–H groups in total. The van der Waals surface area contributed by atoms with Gasteiger partial charge in [0, 0.05) is 18.0 Å². The number of pyridine rings is 1. The van der Waals surface area contributed by atoms with Crippen LogP contribution >= 0.6 is 0 Å². The number of fused-ring (bicyclic) bond motifs is 1. The van der Waals surface area contributed by atoms with Crippen molar-refractivity contribution in [3.05, 3.63) is 65.5 Å². The molecule has 0 bridgehead atoms. The van der Waals surface area contributed by atoms with Crippen LogP contribution in [0.2, 0.25) is 0 Å². The van der Waals surface area contributed by atoms with E-state index < -0.39 is 0 Å². The van der Waals surface area contributed by atoms with Gasteiger partial charge in [0.25, 0.3) is 5.91 Å². The zero-order chi connectivity index (χ0) is 13.2. The summed E-state index contributed by atoms with van der Waals surface area (Å²) in [4.78, 5) is 16.0. The summed E-state index contributed by atoms with van der Waals surface area (Å²) in [6.45, 7) is 0. The Morgan fingerprint density at radius 1 is 1.21 bits per heavy atom. The molecule has 96 valence electrons. The Morgan fingerprint density at radius 3 is 2.68 bits per heavy atom. The third kappa shape index (κ3) is 2.22. The molecule has 2 atom stereocenters. The first kappa shape index (κ1) is 11.9. The Bertz CT molecular complexity index is 597. The molecule has 0 radical (unpaired) electrons. The van der Waals surface area contributed by atoms with Gasteiger partial charge in [0.2, 0.25) is 0 Å². The van der Waals surface area contributed by atoms with Gasteiger partial charge in [-0.25, -0.2) is 0 Å². The summed E-state index contributed by atoms with van der Waals surface area (Å²) in [7, 11) is 0. The Kier molecular flexibility index (Phi) is 3.01. The number of hydrogen-bond donors (Lipinski definition) is 2. The van der Waals surface area contributed by atoms with Crippen molar-refractivity contribution in [3.63, 3.8) is 0 Å². The van der Waals surface area contributed by atoms with Gasteiger partial charge in [0.05, 0.1) is 12.1 Å². The van der Waals surface area contributed by atoms with E-state index in [2.05, 4.69) is 16.4 Å². The van der Waals surface area contributed by atoms with Crippen molar-refractivity contribution in [2.24, 2.45) is 5.73 Å². The van der Waals surface area contributed by atoms with Crippen molar-refractivity contribution >= 4 is 5.91 Å². The number of rotatable bonds is 2. The van der Waals surface area contributed by atoms with Crippen molar-refractivity contribution < 1.29 is 4.79 Å². The van der Waals surface area contributed by atoms with Crippen LogP contribution in [0.4, 0.5) is 0 Å². The van der Waals surface area contributed by atoms with Crippen molar-refractivity contribution in [2.75, 3.05) is 0 Å². The van der Waals surface area contributed by atoms with Crippen LogP contribution in [0.5, 0.6) is 0 Å². The average Bonchev–Trinajstić information content (AvgIpc) is 2.77. The van der Waals surface area contributed by atoms with E-state index in [-0.39, 0.29) is 18.0 Å². The topological polar surface area (TPSA) is 68.0 Å². The molecule has 1 aliphatic carbocycles. The number of benzene rings is 1. The molecule has 1 heterocycles. The SMILES string of the molecule is N[C@@H]1c2ccccc2C[C@H]1NC(=O)c1ccncc1. The summed E-state index contributed by atoms with van der Waals surface area (Å²) in [5.41, 5.74) is 9.14. The molecular weight excluding hydrogens is 238 g/mol. The number of nitrogens with zero attached hydrogens (tertiary/aromatic N) is 1. The lowest BCUT2D eigenvalue weighted by molar-refractivity contribution is 0.0933. The van der Waals surface area contributed by atoms with Gasteiger partial charge in [-0.3, -0.25) is 9.78 Å². The van der Waals surface area contributed by atoms with Crippen LogP contribution in [-0.4, -0.2) is 16.9 Å². The van der Waals surface area contributed by atoms with Gasteiger partial charge in [-0.2, -0.15) is 0 Å². The standard InChI is InChI=1S/C15H15N3O/c16-14-12-4-2-1-3-11(12)9-13(14)18-15(19)10-5-7-17-8-6-10/h1-8,13-14H,9,16H2,(H,18,19)/t13-,14-/m1/s1. The van der Waals surface area contributed by atoms with Gasteiger partial charge < -0.3 is 11.1 Å². The fourth-order valence-corrected chi connectivity index (χ4v) is 2.52. The van der Waals surface area contributed by atoms with E-state index in [1.165, 1.54) is 5.56 Å². The Morgan fingerprint density at radius 2 is 1.95 bits per heavy atom. The van der Waals surface area contributed by atoms with Gasteiger partial charge in [-0.05, 0) is 29.7 Å². The minimum Gasteiger partial charge on any atom is -0.347 e. The highest BCUT2D eigenvalue weighted by Crippen LogP contribution is 2.29. The second kappa shape index (κ2) is 4.82. The van der Waals surface area contributed by atoms with Crippen molar-refractivity contribution in [2.45, 2.75) is 18.5 Å². The fourth-order valence-electron chi connectivity index (χ4n) is 2.52. The van der Waals surface area contributed by atoms with E-state index in [0.29, 0.717) is 5.56 Å². The summed E-state index contributed by atoms with van der Waals surface area (Å²) in [6.07, 6.45) is 4.00. The first-order valence-electron chi connectivity index (χ1n) is 6.30. The highest BCUT2D eigenvalue weighted by atomic mass is 16.1. The maximum absolute atomic E-state index is 12.1. The van der Waals surface area contributed by atoms with Crippen LogP contribution < -0.4 is 11.1 Å². The second-order valence-corrected chi connectivity index (χ2v) is 4.74. The van der Waals surface area contributed by atoms with Gasteiger partial charge in [-0.15, -0.1) is 0 Å². The molecule has 19 heavy (non-hydrogen) atoms. The van der Waals surface area contributed by atoms with Gasteiger partial charge in [-0.1, -0.05) is 24.3 Å². The lowest BCUT2D eigenvalue weighted by atomic mass is 10.1. The number of amides is 1. The summed E-state index contributed by atoms with van der Waals surface area (Å²) in [6, 6.07) is 11.3. The van der Waals surface area contributed by atoms with Crippen LogP contribution in [-0.2, 0) is 6.42 Å². The Labute approximate surface area is 111 Å². The normalized spacial score (nSPS) is 20.9. The monoisotopic (exact) mass is 253 g/mol. The number of aromatic nitrogens is 1. The van der Waals surface area contributed by atoms with Gasteiger partial charge in [0.15, 0.2) is 0 Å². The summed E-state index contributed by atoms with van der Waals surface area (Å²) >= 11 is 0. The van der Waals surface area contributed by atoms with Crippen molar-refractivity contribution in [1.29, 1.82) is 0 Å². The van der Waals surface area contributed by atoms with E-state index in [1.54, 1.807) is 24.5 Å². The minimum atomic E-state index is -0.137. The summed E-state index contributed by atoms with van der Waals surface area (Å²) < 4.78 is 0. The molecule has 4 heteroatoms. The van der Waals surface area contributed by atoms with Crippen LogP contribution in [0, 0.1) is 0 Å². The van der Waals surface area contributed by atoms with E-state index in [1.807, 2.05) is 18.2 Å². The molecule has 0 saturated heterocycles. The third-order valence-electron chi connectivity index (χ3n) is 3.55. The zero-order valence-corrected chi connectivity index (χ0v) is 10.4. The van der Waals surface area contributed by atoms with Crippen LogP contribution in [0.3, 0.4) is 0 Å². The predicted octanol–water partition coefficient (Wildman–Crippen LogP) is 1.44. The molecule has 1 aliphatic rings. The van der Waals surface area contributed by atoms with E-state index >= 15 is 0 Å². The van der Waals surface area contributed by atoms with E-state index in [9.17, 15) is 4.79 Å². The van der Waals surface area contributed by atoms with E-state index in [4.69, 9.17) is 5.73 Å². The van der Waals surface area contributed by atoms with Gasteiger partial charge >= 0.3 is 0 Å². The molecule has 0 saturated carbocycles. The number of nitrogens with two attached hydrogens (primary N) is 1. The molecule has 4 nitrogen and oxygen atoms in total. The molecule has 0 unspecified atom stereocenters. The minimum absolute atomic E-state index is 0.0435. The molecule has 1 amide bonds. The largest absolute Gasteiger partial charge is 0.347 e. The molecule has 0 spiro atoms. The second-order valence-electron chi connectivity index (χ2n) is 4.74. The number of carbonyl (C=O) groups is 1. The van der Waals surface area contributed by atoms with Crippen molar-refractivity contribution in [1.82, 2.24) is 10.3 Å². The van der Waals surface area contributed by atoms with Crippen molar-refractivity contribution in [3.8, 4) is 0 Å². The summed E-state index contributed by atoms with van der Waals surface area (Å²) in [5, 5.41) is 3.00. The smallest absolute Gasteiger partial charge is 0.251 e. The number of carbonyl (C=O) groups excluding carboxylic acids is 1. The highest BCUT2D eigenvalue weighted by molar-refractivity contribution is 5.94. The lowest BCUT2D eigenvalue weighted by Gasteiger charge is -2.17. The summed E-state index contributed by atoms with van der Waals surface area (Å²) in [5.74, 6) is -0.101. The average molecular weight is 253 g/mol. The fraction of sp³-hybridized carbons (Fsp3) is 0.200. The molecule has 0 fully saturated rings. The lowest BCUT2D eigenvalue weighted by Crippen LogP contribution is -2.40. The molecule has 0 aliphatic heterocycles. The first-order chi connectivity index (χ1) is 9.25. The molecule has 3 rings (SSSR count). The van der Waals surface area contributed by atoms with Gasteiger partial charge in [0.1, 0.15) is 0 Å². The molecular formula is C15H15N3O. The maximum atomic E-state index is 12.1. The molecule has 1 aromatic heterocycles. The third-order valence-corrected chi connectivity index (χ3v) is 3.55. The van der Waals surface area contributed by atoms with E-state index in [0.717, 1.165) is 12.0 Å². The molecule has 1 aromatic carbocycles. The molecule has 2 aromatic rings. The van der Waals surface area contributed by atoms with Crippen LogP contribution in [0.15, 0.2) is 48.8 Å². The quantitative estimate of drug-likeness (QED) is 0.851. The number of nitrogens with one attached hydrogen (secondary N) is 1. The zero-order valence-electron chi connectivity index (χ0n) is 10.4. The van der Waals surface area contributed by atoms with Crippen LogP contribution in [0.25, 0.3) is 0 Å². The predicted molar refractivity (Wildman–Crippen MR) is 72.6 cm³/mol. The number of hydrogen-bond acceptors (Lipinski definition) is 3.